The van der Waals surface area contributed by atoms with Crippen LogP contribution in [0.15, 0.2) is 17.2 Å². The molecule has 1 rings (SSSR count). The van der Waals surface area contributed by atoms with Gasteiger partial charge in [-0.15, -0.1) is 23.1 Å². The van der Waals surface area contributed by atoms with E-state index >= 15 is 0 Å². The maximum Gasteiger partial charge on any atom is 0 e. The molecule has 0 N–H and O–H groups in total. The predicted octanol–water partition coefficient (Wildman–Crippen LogP) is 2.71. The van der Waals surface area contributed by atoms with E-state index in [1.165, 1.54) is 0 Å². The second kappa shape index (κ2) is 8.64. The topological polar surface area (TPSA) is 0 Å². The molecule has 0 aromatic heterocycles. The third kappa shape index (κ3) is 6.53. The van der Waals surface area contributed by atoms with Crippen molar-refractivity contribution in [3.8, 4) is 0 Å². The van der Waals surface area contributed by atoms with Crippen LogP contribution in [0.5, 0.6) is 0 Å². The molecule has 0 amide bonds. The number of halogens is 1. The fraction of sp³-hybridized carbons (Fsp3) is 0.286. The van der Waals surface area contributed by atoms with Gasteiger partial charge in [0, 0.05) is 25.8 Å². The molecule has 0 unspecified atom stereocenters. The molecule has 49 valence electrons. The van der Waals surface area contributed by atoms with Crippen molar-refractivity contribution in [1.29, 1.82) is 0 Å². The smallest absolute Gasteiger partial charge is 0 e. The van der Waals surface area contributed by atoms with E-state index in [1.54, 1.807) is 6.92 Å². The molecule has 9 heavy (non-hydrogen) atoms. The first-order chi connectivity index (χ1) is 3.89. The van der Waals surface area contributed by atoms with E-state index in [9.17, 15) is 0 Å². The van der Waals surface area contributed by atoms with E-state index in [-0.39, 0.29) is 25.8 Å². The van der Waals surface area contributed by atoms with Gasteiger partial charge in [0.2, 0.25) is 0 Å². The summed E-state index contributed by atoms with van der Waals surface area (Å²) in [4.78, 5) is 0. The number of rotatable bonds is 0. The quantitative estimate of drug-likeness (QED) is 0.494. The maximum absolute atomic E-state index is 5.43. The van der Waals surface area contributed by atoms with E-state index in [0.29, 0.717) is 0 Å². The molecule has 0 atom stereocenters. The van der Waals surface area contributed by atoms with Gasteiger partial charge in [0.05, 0.1) is 0 Å². The summed E-state index contributed by atoms with van der Waals surface area (Å²) in [5.74, 6) is 0. The third-order valence-electron chi connectivity index (χ3n) is 0.653. The van der Waals surface area contributed by atoms with Gasteiger partial charge in [0.25, 0.3) is 0 Å². The molecular formula is C7H9ClSc-2. The molecule has 0 aromatic carbocycles. The van der Waals surface area contributed by atoms with Crippen molar-refractivity contribution in [2.75, 3.05) is 0 Å². The summed E-state index contributed by atoms with van der Waals surface area (Å²) in [6, 6.07) is 0. The molecule has 1 radical (unpaired) electrons. The zero-order valence-corrected chi connectivity index (χ0v) is 8.08. The number of hydrogen-bond acceptors (Lipinski definition) is 0. The normalized spacial score (nSPS) is 13.0. The van der Waals surface area contributed by atoms with Gasteiger partial charge in [-0.1, -0.05) is 0 Å². The van der Waals surface area contributed by atoms with E-state index < -0.39 is 0 Å². The predicted molar refractivity (Wildman–Crippen MR) is 37.4 cm³/mol. The third-order valence-corrected chi connectivity index (χ3v) is 0.913. The molecule has 0 spiro atoms. The second-order valence-electron chi connectivity index (χ2n) is 1.13. The van der Waals surface area contributed by atoms with E-state index in [0.717, 1.165) is 11.5 Å². The molecule has 1 aliphatic rings. The fourth-order valence-corrected chi connectivity index (χ4v) is 0.544. The average molecular weight is 174 g/mol. The van der Waals surface area contributed by atoms with Crippen molar-refractivity contribution in [1.82, 2.24) is 0 Å². The van der Waals surface area contributed by atoms with Crippen molar-refractivity contribution < 1.29 is 25.8 Å². The van der Waals surface area contributed by atoms with Gasteiger partial charge < -0.3 is 6.92 Å². The van der Waals surface area contributed by atoms with Crippen molar-refractivity contribution in [2.24, 2.45) is 0 Å². The van der Waals surface area contributed by atoms with Crippen LogP contribution in [0.2, 0.25) is 0 Å². The Hall–Kier alpha value is 0.640. The van der Waals surface area contributed by atoms with Gasteiger partial charge in [-0.05, 0) is 0 Å². The van der Waals surface area contributed by atoms with Crippen LogP contribution in [-0.4, -0.2) is 0 Å². The van der Waals surface area contributed by atoms with Gasteiger partial charge in [-0.25, -0.2) is 0 Å². The summed E-state index contributed by atoms with van der Waals surface area (Å²) in [5.41, 5.74) is 0. The fourth-order valence-electron chi connectivity index (χ4n) is 0.378. The van der Waals surface area contributed by atoms with Crippen molar-refractivity contribution in [2.45, 2.75) is 13.3 Å². The Balaban J connectivity index is 0. The van der Waals surface area contributed by atoms with Gasteiger partial charge in [-0.3, -0.25) is 6.08 Å². The van der Waals surface area contributed by atoms with Crippen LogP contribution < -0.4 is 0 Å². The molecule has 0 aromatic rings. The summed E-state index contributed by atoms with van der Waals surface area (Å²) >= 11 is 5.43. The van der Waals surface area contributed by atoms with Crippen molar-refractivity contribution in [3.05, 3.63) is 30.2 Å². The summed E-state index contributed by atoms with van der Waals surface area (Å²) in [5, 5.41) is 0.745. The SMILES string of the molecule is ClC1=[C-]CC=C1.[CH2-]C.[Sc]. The molecule has 0 nitrogen and oxygen atoms in total. The monoisotopic (exact) mass is 173 g/mol. The first-order valence-electron chi connectivity index (χ1n) is 2.53. The van der Waals surface area contributed by atoms with Gasteiger partial charge in [0.1, 0.15) is 0 Å². The Morgan fingerprint density at radius 1 is 1.67 bits per heavy atom. The maximum atomic E-state index is 5.43. The van der Waals surface area contributed by atoms with Crippen LogP contribution in [0.3, 0.4) is 0 Å². The Morgan fingerprint density at radius 2 is 2.22 bits per heavy atom. The van der Waals surface area contributed by atoms with Crippen LogP contribution in [-0.2, 0) is 25.8 Å². The van der Waals surface area contributed by atoms with E-state index in [4.69, 9.17) is 11.6 Å². The van der Waals surface area contributed by atoms with E-state index in [2.05, 4.69) is 13.0 Å². The average Bonchev–Trinajstić information content (AvgIpc) is 2.24. The largest absolute Gasteiger partial charge is 0.346 e. The van der Waals surface area contributed by atoms with Crippen LogP contribution in [0, 0.1) is 13.0 Å². The van der Waals surface area contributed by atoms with Gasteiger partial charge in [-0.2, -0.15) is 19.1 Å². The van der Waals surface area contributed by atoms with Gasteiger partial charge in [0.15, 0.2) is 0 Å². The molecule has 0 bridgehead atoms. The molecule has 0 fully saturated rings. The van der Waals surface area contributed by atoms with Gasteiger partial charge >= 0.3 is 0 Å². The second-order valence-corrected chi connectivity index (χ2v) is 1.54. The van der Waals surface area contributed by atoms with Crippen molar-refractivity contribution in [3.63, 3.8) is 0 Å². The molecule has 0 saturated carbocycles. The molecule has 0 saturated heterocycles. The molecule has 0 aliphatic heterocycles. The summed E-state index contributed by atoms with van der Waals surface area (Å²) in [7, 11) is 0. The minimum absolute atomic E-state index is 0. The number of hydrogen-bond donors (Lipinski definition) is 0. The molecule has 0 heterocycles. The van der Waals surface area contributed by atoms with Crippen molar-refractivity contribution >= 4 is 11.6 Å². The molecule has 2 heteroatoms. The Labute approximate surface area is 80.8 Å². The minimum Gasteiger partial charge on any atom is -0.346 e. The van der Waals surface area contributed by atoms with Crippen LogP contribution in [0.1, 0.15) is 13.3 Å². The summed E-state index contributed by atoms with van der Waals surface area (Å²) < 4.78 is 0. The molecule has 1 aliphatic carbocycles. The van der Waals surface area contributed by atoms with Crippen LogP contribution in [0.25, 0.3) is 0 Å². The standard InChI is InChI=1S/C5H4Cl.C2H5.Sc/c6-5-3-1-2-4-5;1-2;/h1,3H,2H2;1H2,2H3;/q2*-1;. The first-order valence-corrected chi connectivity index (χ1v) is 2.91. The first kappa shape index (κ1) is 12.3. The zero-order chi connectivity index (χ0) is 6.41. The number of allylic oxidation sites excluding steroid dienone is 4. The Bertz CT molecular complexity index is 103. The van der Waals surface area contributed by atoms with Crippen LogP contribution in [0.4, 0.5) is 0 Å². The Morgan fingerprint density at radius 3 is 2.33 bits per heavy atom. The minimum atomic E-state index is 0. The molecular weight excluding hydrogens is 164 g/mol. The van der Waals surface area contributed by atoms with E-state index in [1.807, 2.05) is 12.2 Å². The zero-order valence-electron chi connectivity index (χ0n) is 5.52. The Kier molecular flexibility index (Phi) is 11.8. The summed E-state index contributed by atoms with van der Waals surface area (Å²) in [6.45, 7) is 5.00. The summed E-state index contributed by atoms with van der Waals surface area (Å²) in [6.07, 6.45) is 7.60. The van der Waals surface area contributed by atoms with Crippen LogP contribution >= 0.6 is 11.6 Å².